The van der Waals surface area contributed by atoms with Crippen LogP contribution < -0.4 is 29.7 Å². The fraction of sp³-hybridized carbons (Fsp3) is 0.160. The van der Waals surface area contributed by atoms with Gasteiger partial charge in [-0.15, -0.1) is 11.3 Å². The van der Waals surface area contributed by atoms with E-state index in [1.54, 1.807) is 18.2 Å². The Labute approximate surface area is 216 Å². The van der Waals surface area contributed by atoms with Crippen molar-refractivity contribution >= 4 is 69.5 Å². The maximum atomic E-state index is 11.7. The lowest BCUT2D eigenvalue weighted by Gasteiger charge is -2.11. The Morgan fingerprint density at radius 3 is 2.37 bits per heavy atom. The van der Waals surface area contributed by atoms with Crippen LogP contribution >= 0.6 is 35.3 Å². The number of carbonyl (C=O) groups excluding carboxylic acids is 1. The molecule has 2 heterocycles. The molecule has 1 aliphatic rings. The first-order chi connectivity index (χ1) is 16.6. The monoisotopic (exact) mass is 527 g/mol. The average Bonchev–Trinajstić information content (AvgIpc) is 3.33. The van der Waals surface area contributed by atoms with Crippen molar-refractivity contribution in [3.63, 3.8) is 0 Å². The van der Waals surface area contributed by atoms with Crippen LogP contribution in [0.25, 0.3) is 18.2 Å². The number of anilines is 1. The number of nitrogens with one attached hydrogen (secondary N) is 2. The zero-order valence-corrected chi connectivity index (χ0v) is 22.1. The summed E-state index contributed by atoms with van der Waals surface area (Å²) in [5, 5.41) is 12.1. The van der Waals surface area contributed by atoms with Crippen molar-refractivity contribution in [3.05, 3.63) is 78.0 Å². The van der Waals surface area contributed by atoms with Crippen molar-refractivity contribution < 1.29 is 14.6 Å². The van der Waals surface area contributed by atoms with Crippen LogP contribution in [-0.2, 0) is 4.79 Å². The molecule has 0 spiro atoms. The fourth-order valence-corrected chi connectivity index (χ4v) is 4.96. The number of methoxy groups -OCH3 is 1. The van der Waals surface area contributed by atoms with E-state index in [4.69, 9.17) is 17.0 Å². The van der Waals surface area contributed by atoms with Crippen LogP contribution in [0, 0.1) is 0 Å². The largest absolute Gasteiger partial charge is 0.504 e. The summed E-state index contributed by atoms with van der Waals surface area (Å²) >= 11 is 7.54. The molecule has 1 aromatic heterocycles. The number of benzene rings is 2. The number of aromatic hydroxyl groups is 1. The van der Waals surface area contributed by atoms with E-state index in [0.717, 1.165) is 22.4 Å². The van der Waals surface area contributed by atoms with Gasteiger partial charge in [-0.3, -0.25) is 9.59 Å². The van der Waals surface area contributed by atoms with Gasteiger partial charge in [0.1, 0.15) is 4.32 Å². The molecule has 0 bridgehead atoms. The van der Waals surface area contributed by atoms with Crippen molar-refractivity contribution in [2.24, 2.45) is 0 Å². The number of rotatable bonds is 4. The Balaban J connectivity index is 0.000000196. The minimum atomic E-state index is -0.144. The second kappa shape index (κ2) is 11.4. The lowest BCUT2D eigenvalue weighted by atomic mass is 10.1. The van der Waals surface area contributed by atoms with E-state index in [9.17, 15) is 14.7 Å². The summed E-state index contributed by atoms with van der Waals surface area (Å²) < 4.78 is 6.81. The number of thiazole rings is 1. The summed E-state index contributed by atoms with van der Waals surface area (Å²) in [6, 6.07) is 13.0. The van der Waals surface area contributed by atoms with Gasteiger partial charge in [-0.1, -0.05) is 48.8 Å². The number of ether oxygens (including phenoxy) is 1. The minimum absolute atomic E-state index is 0.0759. The zero-order valence-electron chi connectivity index (χ0n) is 19.7. The topological polar surface area (TPSA) is 94.7 Å². The second-order valence-corrected chi connectivity index (χ2v) is 10.5. The maximum absolute atomic E-state index is 11.7. The number of H-pyrrole nitrogens is 1. The Kier molecular flexibility index (Phi) is 8.55. The quantitative estimate of drug-likeness (QED) is 0.355. The van der Waals surface area contributed by atoms with Gasteiger partial charge in [-0.25, -0.2) is 0 Å². The number of aromatic amines is 1. The highest BCUT2D eigenvalue weighted by atomic mass is 32.2. The van der Waals surface area contributed by atoms with E-state index >= 15 is 0 Å². The molecule has 1 amide bonds. The standard InChI is InChI=1S/C13H13NO3S.C12H12N2OS2/c1-7(12-13(16)14-8(2)18-12)9-4-5-10(15)11(6-9)17-3;1-14(2)9-5-3-8(4-6-9)7-10-11(15)13-12(16)17-10/h4-6,15H,2H2,1,3H3,(H,14,16);3-7H,1-2H3,(H,13,15,16)/b12-7+;10-7+. The Hall–Kier alpha value is -3.34. The zero-order chi connectivity index (χ0) is 25.7. The van der Waals surface area contributed by atoms with Crippen molar-refractivity contribution in [1.82, 2.24) is 10.3 Å². The molecule has 1 fully saturated rings. The lowest BCUT2D eigenvalue weighted by molar-refractivity contribution is -0.115. The van der Waals surface area contributed by atoms with Crippen LogP contribution in [0.3, 0.4) is 0 Å². The van der Waals surface area contributed by atoms with Gasteiger partial charge < -0.3 is 25.0 Å². The summed E-state index contributed by atoms with van der Waals surface area (Å²) in [6.45, 7) is 5.56. The molecule has 35 heavy (non-hydrogen) atoms. The Morgan fingerprint density at radius 2 is 1.86 bits per heavy atom. The van der Waals surface area contributed by atoms with E-state index in [1.165, 1.54) is 30.2 Å². The van der Waals surface area contributed by atoms with E-state index in [-0.39, 0.29) is 17.2 Å². The molecule has 0 atom stereocenters. The van der Waals surface area contributed by atoms with Crippen LogP contribution in [0.1, 0.15) is 18.1 Å². The van der Waals surface area contributed by atoms with E-state index < -0.39 is 0 Å². The molecule has 1 saturated heterocycles. The molecule has 0 saturated carbocycles. The first kappa shape index (κ1) is 26.3. The van der Waals surface area contributed by atoms with Crippen molar-refractivity contribution in [3.8, 4) is 11.5 Å². The summed E-state index contributed by atoms with van der Waals surface area (Å²) in [5.74, 6) is 0.346. The van der Waals surface area contributed by atoms with Crippen molar-refractivity contribution in [2.45, 2.75) is 6.92 Å². The number of carbonyl (C=O) groups is 1. The predicted octanol–water partition coefficient (Wildman–Crippen LogP) is 3.02. The van der Waals surface area contributed by atoms with Gasteiger partial charge >= 0.3 is 0 Å². The molecule has 0 unspecified atom stereocenters. The fourth-order valence-electron chi connectivity index (χ4n) is 3.11. The molecular weight excluding hydrogens is 502 g/mol. The molecule has 4 rings (SSSR count). The normalized spacial score (nSPS) is 14.8. The summed E-state index contributed by atoms with van der Waals surface area (Å²) in [6.07, 6.45) is 1.85. The first-order valence-corrected chi connectivity index (χ1v) is 12.4. The number of phenols is 1. The van der Waals surface area contributed by atoms with Crippen LogP contribution in [-0.4, -0.2) is 41.5 Å². The third-order valence-electron chi connectivity index (χ3n) is 4.99. The Morgan fingerprint density at radius 1 is 1.17 bits per heavy atom. The highest BCUT2D eigenvalue weighted by Crippen LogP contribution is 2.28. The summed E-state index contributed by atoms with van der Waals surface area (Å²) in [7, 11) is 5.47. The number of hydrogen-bond acceptors (Lipinski definition) is 8. The molecule has 0 aliphatic carbocycles. The SMILES string of the molecule is C=c1[nH]c(=O)/c(=C(/C)c2ccc(O)c(OC)c2)s1.CN(C)c1ccc(/C=C2/SC(=S)NC2=O)cc1. The number of thiocarbonyl (C=S) groups is 1. The maximum Gasteiger partial charge on any atom is 0.266 e. The summed E-state index contributed by atoms with van der Waals surface area (Å²) in [4.78, 5) is 28.5. The average molecular weight is 528 g/mol. The lowest BCUT2D eigenvalue weighted by Crippen LogP contribution is -2.22. The summed E-state index contributed by atoms with van der Waals surface area (Å²) in [5.41, 5.74) is 3.64. The van der Waals surface area contributed by atoms with E-state index in [0.29, 0.717) is 24.2 Å². The van der Waals surface area contributed by atoms with Gasteiger partial charge in [-0.2, -0.15) is 0 Å². The molecule has 3 N–H and O–H groups in total. The van der Waals surface area contributed by atoms with E-state index in [2.05, 4.69) is 16.9 Å². The number of hydrogen-bond donors (Lipinski definition) is 3. The number of amides is 1. The minimum Gasteiger partial charge on any atom is -0.504 e. The number of nitrogens with zero attached hydrogens (tertiary/aromatic N) is 1. The molecule has 182 valence electrons. The van der Waals surface area contributed by atoms with Gasteiger partial charge in [0.15, 0.2) is 11.5 Å². The van der Waals surface area contributed by atoms with Gasteiger partial charge in [0.2, 0.25) is 0 Å². The molecular formula is C25H25N3O4S3. The highest BCUT2D eigenvalue weighted by molar-refractivity contribution is 8.26. The first-order valence-electron chi connectivity index (χ1n) is 10.4. The van der Waals surface area contributed by atoms with Gasteiger partial charge in [0, 0.05) is 19.8 Å². The van der Waals surface area contributed by atoms with Crippen LogP contribution in [0.5, 0.6) is 11.5 Å². The van der Waals surface area contributed by atoms with E-state index in [1.807, 2.05) is 56.3 Å². The van der Waals surface area contributed by atoms with Crippen LogP contribution in [0.4, 0.5) is 5.69 Å². The second-order valence-electron chi connectivity index (χ2n) is 7.66. The van der Waals surface area contributed by atoms with Crippen molar-refractivity contribution in [2.75, 3.05) is 26.1 Å². The molecule has 1 aliphatic heterocycles. The van der Waals surface area contributed by atoms with Gasteiger partial charge in [-0.05, 0) is 54.0 Å². The van der Waals surface area contributed by atoms with Gasteiger partial charge in [0.05, 0.1) is 21.2 Å². The number of phenolic OH excluding ortho intramolecular Hbond substituents is 1. The number of thioether (sulfide) groups is 1. The number of aromatic nitrogens is 1. The molecule has 10 heteroatoms. The third kappa shape index (κ3) is 6.62. The molecule has 2 aromatic carbocycles. The Bertz CT molecular complexity index is 1450. The smallest absolute Gasteiger partial charge is 0.266 e. The highest BCUT2D eigenvalue weighted by Gasteiger charge is 2.21. The third-order valence-corrected chi connectivity index (χ3v) is 7.19. The molecule has 7 nitrogen and oxygen atoms in total. The molecule has 0 radical (unpaired) electrons. The van der Waals surface area contributed by atoms with Crippen molar-refractivity contribution in [1.29, 1.82) is 0 Å². The molecule has 3 aromatic rings. The van der Waals surface area contributed by atoms with Crippen LogP contribution in [0.2, 0.25) is 0 Å². The van der Waals surface area contributed by atoms with Gasteiger partial charge in [0.25, 0.3) is 11.5 Å². The predicted molar refractivity (Wildman–Crippen MR) is 150 cm³/mol. The van der Waals surface area contributed by atoms with Crippen LogP contribution in [0.15, 0.2) is 52.2 Å².